The monoisotopic (exact) mass is 552 g/mol. The van der Waals surface area contributed by atoms with E-state index >= 15 is 0 Å². The van der Waals surface area contributed by atoms with E-state index in [1.54, 1.807) is 26.0 Å². The van der Waals surface area contributed by atoms with Crippen LogP contribution >= 0.6 is 0 Å². The van der Waals surface area contributed by atoms with Crippen LogP contribution in [-0.2, 0) is 9.47 Å². The van der Waals surface area contributed by atoms with E-state index in [0.717, 1.165) is 0 Å². The molecule has 0 atom stereocenters. The van der Waals surface area contributed by atoms with Crippen molar-refractivity contribution in [3.05, 3.63) is 46.5 Å². The molecule has 1 aromatic heterocycles. The molecular formula is C28H36N6O6. The Kier molecular flexibility index (Phi) is 8.27. The van der Waals surface area contributed by atoms with Crippen molar-refractivity contribution in [1.29, 1.82) is 0 Å². The maximum Gasteiger partial charge on any atom is 0.232 e. The molecule has 5 rings (SSSR count). The first kappa shape index (κ1) is 27.5. The average Bonchev–Trinajstić information content (AvgIpc) is 2.99. The first-order valence-corrected chi connectivity index (χ1v) is 13.5. The molecule has 2 aromatic carbocycles. The van der Waals surface area contributed by atoms with Gasteiger partial charge in [0.15, 0.2) is 0 Å². The predicted molar refractivity (Wildman–Crippen MR) is 150 cm³/mol. The third kappa shape index (κ3) is 5.77. The van der Waals surface area contributed by atoms with E-state index in [1.165, 1.54) is 12.1 Å². The van der Waals surface area contributed by atoms with Crippen LogP contribution in [0.15, 0.2) is 24.3 Å². The number of aromatic nitrogens is 3. The summed E-state index contributed by atoms with van der Waals surface area (Å²) in [6.07, 6.45) is 0.445. The molecule has 2 aliphatic heterocycles. The molecule has 0 unspecified atom stereocenters. The van der Waals surface area contributed by atoms with Gasteiger partial charge >= 0.3 is 0 Å². The highest BCUT2D eigenvalue weighted by Crippen LogP contribution is 2.43. The number of ether oxygens (including phenoxy) is 2. The fourth-order valence-electron chi connectivity index (χ4n) is 5.03. The number of phenolic OH excluding ortho intramolecular Hbond substituents is 4. The van der Waals surface area contributed by atoms with Crippen molar-refractivity contribution in [2.24, 2.45) is 0 Å². The van der Waals surface area contributed by atoms with Gasteiger partial charge in [0.05, 0.1) is 26.4 Å². The molecule has 0 spiro atoms. The Hall–Kier alpha value is -4.03. The van der Waals surface area contributed by atoms with Gasteiger partial charge in [-0.2, -0.15) is 15.0 Å². The van der Waals surface area contributed by atoms with Gasteiger partial charge in [0.25, 0.3) is 0 Å². The lowest BCUT2D eigenvalue weighted by Gasteiger charge is -2.30. The summed E-state index contributed by atoms with van der Waals surface area (Å²) >= 11 is 0. The molecule has 0 radical (unpaired) electrons. The first-order chi connectivity index (χ1) is 19.3. The maximum absolute atomic E-state index is 10.9. The Bertz CT molecular complexity index is 1250. The third-order valence-corrected chi connectivity index (χ3v) is 7.53. The third-order valence-electron chi connectivity index (χ3n) is 7.53. The van der Waals surface area contributed by atoms with Crippen molar-refractivity contribution in [1.82, 2.24) is 15.0 Å². The summed E-state index contributed by atoms with van der Waals surface area (Å²) in [7, 11) is 0. The van der Waals surface area contributed by atoms with Crippen LogP contribution < -0.4 is 15.1 Å². The zero-order chi connectivity index (χ0) is 28.2. The van der Waals surface area contributed by atoms with Gasteiger partial charge in [0, 0.05) is 60.9 Å². The highest BCUT2D eigenvalue weighted by molar-refractivity contribution is 5.56. The standard InChI is InChI=1S/C28H36N6O6/c1-17-22(35)5-3-20(24(17)37)19(21-4-6-23(36)18(2)25(21)38)7-8-29-26-30-27(33-9-13-39-14-10-33)32-28(31-26)34-11-15-40-16-12-34/h3-6,19,35-38H,7-16H2,1-2H3,(H,29,30,31,32). The van der Waals surface area contributed by atoms with E-state index in [1.807, 2.05) is 0 Å². The SMILES string of the molecule is Cc1c(O)ccc(C(CCNc2nc(N3CCOCC3)nc(N3CCOCC3)n2)c2ccc(O)c(C)c2O)c1O. The lowest BCUT2D eigenvalue weighted by molar-refractivity contribution is 0.121. The Balaban J connectivity index is 1.43. The highest BCUT2D eigenvalue weighted by atomic mass is 16.5. The number of aromatic hydroxyl groups is 4. The molecule has 40 heavy (non-hydrogen) atoms. The van der Waals surface area contributed by atoms with Gasteiger partial charge in [-0.15, -0.1) is 0 Å². The second-order valence-electron chi connectivity index (χ2n) is 10.0. The first-order valence-electron chi connectivity index (χ1n) is 13.5. The van der Waals surface area contributed by atoms with Crippen LogP contribution in [0.25, 0.3) is 0 Å². The second-order valence-corrected chi connectivity index (χ2v) is 10.0. The number of phenols is 4. The quantitative estimate of drug-likeness (QED) is 0.279. The smallest absolute Gasteiger partial charge is 0.232 e. The molecule has 3 aromatic rings. The summed E-state index contributed by atoms with van der Waals surface area (Å²) in [4.78, 5) is 18.3. The van der Waals surface area contributed by atoms with Crippen molar-refractivity contribution in [3.63, 3.8) is 0 Å². The largest absolute Gasteiger partial charge is 0.508 e. The lowest BCUT2D eigenvalue weighted by Crippen LogP contribution is -2.40. The molecule has 0 amide bonds. The van der Waals surface area contributed by atoms with Gasteiger partial charge in [0.1, 0.15) is 23.0 Å². The molecular weight excluding hydrogens is 516 g/mol. The fraction of sp³-hybridized carbons (Fsp3) is 0.464. The minimum atomic E-state index is -0.453. The van der Waals surface area contributed by atoms with Crippen molar-refractivity contribution in [3.8, 4) is 23.0 Å². The van der Waals surface area contributed by atoms with Crippen LogP contribution in [0.2, 0.25) is 0 Å². The van der Waals surface area contributed by atoms with Gasteiger partial charge in [-0.25, -0.2) is 0 Å². The number of rotatable bonds is 8. The number of benzene rings is 2. The minimum absolute atomic E-state index is 0.0132. The summed E-state index contributed by atoms with van der Waals surface area (Å²) in [6, 6.07) is 6.37. The molecule has 12 heteroatoms. The number of hydrogen-bond acceptors (Lipinski definition) is 12. The molecule has 0 aliphatic carbocycles. The maximum atomic E-state index is 10.9. The average molecular weight is 553 g/mol. The van der Waals surface area contributed by atoms with Crippen molar-refractivity contribution < 1.29 is 29.9 Å². The fourth-order valence-corrected chi connectivity index (χ4v) is 5.03. The number of nitrogens with one attached hydrogen (secondary N) is 1. The van der Waals surface area contributed by atoms with Gasteiger partial charge in [-0.3, -0.25) is 0 Å². The van der Waals surface area contributed by atoms with E-state index < -0.39 is 5.92 Å². The molecule has 0 saturated carbocycles. The van der Waals surface area contributed by atoms with E-state index in [2.05, 4.69) is 15.1 Å². The summed E-state index contributed by atoms with van der Waals surface area (Å²) < 4.78 is 11.0. The van der Waals surface area contributed by atoms with E-state index in [9.17, 15) is 20.4 Å². The van der Waals surface area contributed by atoms with E-state index in [4.69, 9.17) is 24.4 Å². The topological polar surface area (TPSA) is 157 Å². The molecule has 2 fully saturated rings. The normalized spacial score (nSPS) is 16.0. The predicted octanol–water partition coefficient (Wildman–Crippen LogP) is 2.62. The van der Waals surface area contributed by atoms with Crippen molar-refractivity contribution >= 4 is 17.8 Å². The summed E-state index contributed by atoms with van der Waals surface area (Å²) in [5.74, 6) is 1.02. The molecule has 3 heterocycles. The van der Waals surface area contributed by atoms with Gasteiger partial charge in [-0.1, -0.05) is 12.1 Å². The Morgan fingerprint density at radius 3 is 1.62 bits per heavy atom. The van der Waals surface area contributed by atoms with Crippen LogP contribution in [0, 0.1) is 13.8 Å². The van der Waals surface area contributed by atoms with E-state index in [-0.39, 0.29) is 23.0 Å². The van der Waals surface area contributed by atoms with Gasteiger partial charge < -0.3 is 45.0 Å². The lowest BCUT2D eigenvalue weighted by atomic mass is 9.85. The number of hydrogen-bond donors (Lipinski definition) is 5. The van der Waals surface area contributed by atoms with Crippen LogP contribution in [0.3, 0.4) is 0 Å². The molecule has 12 nitrogen and oxygen atoms in total. The number of morpholine rings is 2. The summed E-state index contributed by atoms with van der Waals surface area (Å²) in [5.41, 5.74) is 1.81. The van der Waals surface area contributed by atoms with Crippen molar-refractivity contribution in [2.75, 3.05) is 74.3 Å². The number of nitrogens with zero attached hydrogens (tertiary/aromatic N) is 5. The molecule has 2 saturated heterocycles. The van der Waals surface area contributed by atoms with Crippen molar-refractivity contribution in [2.45, 2.75) is 26.2 Å². The second kappa shape index (κ2) is 12.0. The zero-order valence-electron chi connectivity index (χ0n) is 22.8. The summed E-state index contributed by atoms with van der Waals surface area (Å²) in [6.45, 7) is 8.84. The zero-order valence-corrected chi connectivity index (χ0v) is 22.8. The molecule has 0 bridgehead atoms. The van der Waals surface area contributed by atoms with E-state index in [0.29, 0.717) is 106 Å². The minimum Gasteiger partial charge on any atom is -0.508 e. The highest BCUT2D eigenvalue weighted by Gasteiger charge is 2.25. The molecule has 5 N–H and O–H groups in total. The molecule has 2 aliphatic rings. The Morgan fingerprint density at radius 1 is 0.725 bits per heavy atom. The Morgan fingerprint density at radius 2 is 1.18 bits per heavy atom. The summed E-state index contributed by atoms with van der Waals surface area (Å²) in [5, 5.41) is 45.4. The number of anilines is 3. The van der Waals surface area contributed by atoms with Gasteiger partial charge in [-0.05, 0) is 32.4 Å². The van der Waals surface area contributed by atoms with Crippen LogP contribution in [0.4, 0.5) is 17.8 Å². The Labute approximate surface area is 232 Å². The molecule has 214 valence electrons. The van der Waals surface area contributed by atoms with Crippen LogP contribution in [-0.4, -0.2) is 94.5 Å². The van der Waals surface area contributed by atoms with Crippen LogP contribution in [0.5, 0.6) is 23.0 Å². The van der Waals surface area contributed by atoms with Crippen LogP contribution in [0.1, 0.15) is 34.6 Å². The van der Waals surface area contributed by atoms with Gasteiger partial charge in [0.2, 0.25) is 17.8 Å².